The second-order valence-electron chi connectivity index (χ2n) is 5.04. The van der Waals surface area contributed by atoms with Crippen LogP contribution in [0.15, 0.2) is 30.3 Å². The van der Waals surface area contributed by atoms with E-state index in [1.54, 1.807) is 13.0 Å². The Morgan fingerprint density at radius 1 is 1.32 bits per heavy atom. The largest absolute Gasteiger partial charge is 0.457 e. The highest BCUT2D eigenvalue weighted by Crippen LogP contribution is 2.25. The molecule has 9 heteroatoms. The lowest BCUT2D eigenvalue weighted by atomic mass is 10.1. The molecule has 1 aromatic carbocycles. The summed E-state index contributed by atoms with van der Waals surface area (Å²) < 4.78 is 5.62. The van der Waals surface area contributed by atoms with Gasteiger partial charge in [-0.05, 0) is 19.1 Å². The van der Waals surface area contributed by atoms with Crippen LogP contribution in [0.25, 0.3) is 0 Å². The molecule has 132 valence electrons. The Bertz CT molecular complexity index is 806. The molecule has 6 nitrogen and oxygen atoms in total. The smallest absolute Gasteiger partial charge is 0.316 e. The molecule has 1 heterocycles. The number of nitro benzene ring substituents is 1. The van der Waals surface area contributed by atoms with Crippen molar-refractivity contribution in [2.45, 2.75) is 12.7 Å². The summed E-state index contributed by atoms with van der Waals surface area (Å²) in [6.07, 6.45) is 0. The van der Waals surface area contributed by atoms with Crippen LogP contribution < -0.4 is 0 Å². The zero-order valence-electron chi connectivity index (χ0n) is 13.2. The lowest BCUT2D eigenvalue weighted by molar-refractivity contribution is -0.385. The highest BCUT2D eigenvalue weighted by molar-refractivity contribution is 7.99. The molecule has 0 N–H and O–H groups in total. The highest BCUT2D eigenvalue weighted by Gasteiger charge is 2.16. The molecule has 0 bridgehead atoms. The van der Waals surface area contributed by atoms with Gasteiger partial charge in [-0.1, -0.05) is 23.7 Å². The number of aryl methyl sites for hydroxylation is 1. The Balaban J connectivity index is 1.80. The van der Waals surface area contributed by atoms with E-state index in [2.05, 4.69) is 0 Å². The van der Waals surface area contributed by atoms with Crippen LogP contribution in [-0.4, -0.2) is 29.0 Å². The first-order valence-corrected chi connectivity index (χ1v) is 9.47. The van der Waals surface area contributed by atoms with Crippen LogP contribution in [0.4, 0.5) is 5.69 Å². The minimum atomic E-state index is -0.550. The number of carbonyl (C=O) groups excluding carboxylic acids is 2. The second kappa shape index (κ2) is 8.98. The first-order chi connectivity index (χ1) is 11.9. The van der Waals surface area contributed by atoms with E-state index < -0.39 is 23.3 Å². The molecule has 2 rings (SSSR count). The van der Waals surface area contributed by atoms with Crippen molar-refractivity contribution in [2.75, 3.05) is 12.4 Å². The van der Waals surface area contributed by atoms with Gasteiger partial charge in [0.2, 0.25) is 5.78 Å². The quantitative estimate of drug-likeness (QED) is 0.285. The van der Waals surface area contributed by atoms with Crippen LogP contribution in [0, 0.1) is 17.0 Å². The Morgan fingerprint density at radius 2 is 2.08 bits per heavy atom. The molecule has 0 atom stereocenters. The van der Waals surface area contributed by atoms with Gasteiger partial charge in [0.1, 0.15) is 0 Å². The van der Waals surface area contributed by atoms with Crippen LogP contribution in [0.3, 0.4) is 0 Å². The summed E-state index contributed by atoms with van der Waals surface area (Å²) in [5.41, 5.74) is 0.469. The zero-order valence-corrected chi connectivity index (χ0v) is 15.6. The van der Waals surface area contributed by atoms with Crippen LogP contribution in [0.1, 0.15) is 20.8 Å². The molecule has 0 radical (unpaired) electrons. The average Bonchev–Trinajstić information content (AvgIpc) is 2.98. The van der Waals surface area contributed by atoms with Crippen LogP contribution in [0.5, 0.6) is 0 Å². The van der Waals surface area contributed by atoms with Crippen molar-refractivity contribution in [2.24, 2.45) is 0 Å². The van der Waals surface area contributed by atoms with E-state index in [1.165, 1.54) is 41.3 Å². The van der Waals surface area contributed by atoms with Crippen molar-refractivity contribution in [3.8, 4) is 0 Å². The number of carbonyl (C=O) groups is 2. The maximum atomic E-state index is 12.0. The fourth-order valence-corrected chi connectivity index (χ4v) is 3.93. The van der Waals surface area contributed by atoms with Gasteiger partial charge in [-0.2, -0.15) is 0 Å². The van der Waals surface area contributed by atoms with E-state index in [0.29, 0.717) is 15.7 Å². The van der Waals surface area contributed by atoms with Crippen LogP contribution >= 0.6 is 34.7 Å². The van der Waals surface area contributed by atoms with Gasteiger partial charge < -0.3 is 4.74 Å². The summed E-state index contributed by atoms with van der Waals surface area (Å²) in [5, 5.41) is 10.9. The number of ether oxygens (including phenoxy) is 1. The number of halogens is 1. The summed E-state index contributed by atoms with van der Waals surface area (Å²) in [4.78, 5) is 35.1. The van der Waals surface area contributed by atoms with Gasteiger partial charge in [-0.25, -0.2) is 0 Å². The minimum absolute atomic E-state index is 0.108. The van der Waals surface area contributed by atoms with Gasteiger partial charge in [-0.15, -0.1) is 23.1 Å². The Kier molecular flexibility index (Phi) is 6.98. The van der Waals surface area contributed by atoms with Crippen molar-refractivity contribution in [1.82, 2.24) is 0 Å². The summed E-state index contributed by atoms with van der Waals surface area (Å²) in [6, 6.07) is 7.85. The number of Topliss-reactive ketones (excluding diaryl/α,β-unsaturated/α-hetero) is 1. The third-order valence-electron chi connectivity index (χ3n) is 3.19. The average molecular weight is 400 g/mol. The van der Waals surface area contributed by atoms with E-state index in [9.17, 15) is 19.7 Å². The maximum Gasteiger partial charge on any atom is 0.316 e. The molecule has 0 aliphatic carbocycles. The number of thioether (sulfide) groups is 1. The number of hydrogen-bond acceptors (Lipinski definition) is 7. The highest BCUT2D eigenvalue weighted by atomic mass is 35.5. The normalized spacial score (nSPS) is 10.5. The molecule has 1 aromatic heterocycles. The van der Waals surface area contributed by atoms with Gasteiger partial charge in [-0.3, -0.25) is 19.7 Å². The fourth-order valence-electron chi connectivity index (χ4n) is 1.91. The number of benzene rings is 1. The molecule has 0 saturated heterocycles. The number of hydrogen-bond donors (Lipinski definition) is 0. The van der Waals surface area contributed by atoms with Gasteiger partial charge in [0.05, 0.1) is 15.0 Å². The van der Waals surface area contributed by atoms with Crippen molar-refractivity contribution in [3.63, 3.8) is 0 Å². The molecule has 0 amide bonds. The summed E-state index contributed by atoms with van der Waals surface area (Å²) in [6.45, 7) is 1.15. The number of esters is 1. The summed E-state index contributed by atoms with van der Waals surface area (Å²) in [5.74, 6) is -0.254. The molecule has 2 aromatic rings. The predicted octanol–water partition coefficient (Wildman–Crippen LogP) is 4.28. The number of rotatable bonds is 8. The molecule has 0 aliphatic rings. The summed E-state index contributed by atoms with van der Waals surface area (Å²) >= 11 is 8.63. The molecule has 0 fully saturated rings. The Hall–Kier alpha value is -1.90. The van der Waals surface area contributed by atoms with Crippen molar-refractivity contribution < 1.29 is 19.2 Å². The topological polar surface area (TPSA) is 86.5 Å². The predicted molar refractivity (Wildman–Crippen MR) is 98.6 cm³/mol. The van der Waals surface area contributed by atoms with Gasteiger partial charge in [0.25, 0.3) is 5.69 Å². The number of nitrogens with zero attached hydrogens (tertiary/aromatic N) is 1. The minimum Gasteiger partial charge on any atom is -0.457 e. The number of ketones is 1. The Labute approximate surface area is 157 Å². The van der Waals surface area contributed by atoms with E-state index in [-0.39, 0.29) is 17.0 Å². The third kappa shape index (κ3) is 5.84. The van der Waals surface area contributed by atoms with Crippen LogP contribution in [-0.2, 0) is 15.3 Å². The lowest BCUT2D eigenvalue weighted by Crippen LogP contribution is -2.15. The maximum absolute atomic E-state index is 12.0. The second-order valence-corrected chi connectivity index (χ2v) is 7.83. The van der Waals surface area contributed by atoms with E-state index in [0.717, 1.165) is 4.88 Å². The third-order valence-corrected chi connectivity index (χ3v) is 5.55. The number of nitro groups is 1. The van der Waals surface area contributed by atoms with E-state index in [4.69, 9.17) is 16.3 Å². The molecule has 25 heavy (non-hydrogen) atoms. The molecule has 0 unspecified atom stereocenters. The van der Waals surface area contributed by atoms with E-state index >= 15 is 0 Å². The van der Waals surface area contributed by atoms with Gasteiger partial charge in [0, 0.05) is 27.8 Å². The lowest BCUT2D eigenvalue weighted by Gasteiger charge is -2.05. The number of thiophene rings is 1. The van der Waals surface area contributed by atoms with Crippen molar-refractivity contribution >= 4 is 52.1 Å². The standard InChI is InChI=1S/C16H14ClNO5S2/c1-10-2-3-11(6-13(10)18(21)22)14(19)7-23-16(20)9-24-8-12-4-5-15(17)25-12/h2-6H,7-9H2,1H3. The zero-order chi connectivity index (χ0) is 18.4. The van der Waals surface area contributed by atoms with Crippen molar-refractivity contribution in [1.29, 1.82) is 0 Å². The first kappa shape index (κ1) is 19.4. The molecule has 0 saturated carbocycles. The van der Waals surface area contributed by atoms with Crippen molar-refractivity contribution in [3.05, 3.63) is 60.8 Å². The molecular formula is C16H14ClNO5S2. The molecular weight excluding hydrogens is 386 g/mol. The Morgan fingerprint density at radius 3 is 2.72 bits per heavy atom. The fraction of sp³-hybridized carbons (Fsp3) is 0.250. The monoisotopic (exact) mass is 399 g/mol. The SMILES string of the molecule is Cc1ccc(C(=O)COC(=O)CSCc2ccc(Cl)s2)cc1[N+](=O)[O-]. The first-order valence-electron chi connectivity index (χ1n) is 7.12. The molecule has 0 spiro atoms. The van der Waals surface area contributed by atoms with E-state index in [1.807, 2.05) is 6.07 Å². The van der Waals surface area contributed by atoms with Gasteiger partial charge in [0.15, 0.2) is 6.61 Å². The van der Waals surface area contributed by atoms with Crippen LogP contribution in [0.2, 0.25) is 4.34 Å². The van der Waals surface area contributed by atoms with Gasteiger partial charge >= 0.3 is 5.97 Å². The summed E-state index contributed by atoms with van der Waals surface area (Å²) in [7, 11) is 0. The molecule has 0 aliphatic heterocycles.